The number of allylic oxidation sites excluding steroid dienone is 6. The van der Waals surface area contributed by atoms with E-state index in [1.807, 2.05) is 12.2 Å². The number of amides is 2. The van der Waals surface area contributed by atoms with Crippen molar-refractivity contribution >= 4 is 18.0 Å². The number of hydrazone groups is 1. The standard InChI is InChI=1S/C22H23N3O3/c26-20-10-6-5-9-19(20)24-21(27)17-11-13-18(14-12-17)22(28)25-23-15-16-7-3-1-2-4-8-16/h1,3,7,9-15,26H,2,4-6,8H2,(H,24,27)(H,25,28)/b23-15+. The van der Waals surface area contributed by atoms with E-state index in [0.29, 0.717) is 16.8 Å². The Hall–Kier alpha value is -3.41. The van der Waals surface area contributed by atoms with Crippen LogP contribution in [0.5, 0.6) is 0 Å². The zero-order valence-electron chi connectivity index (χ0n) is 15.5. The summed E-state index contributed by atoms with van der Waals surface area (Å²) >= 11 is 0. The summed E-state index contributed by atoms with van der Waals surface area (Å²) in [6.07, 6.45) is 15.8. The molecule has 0 heterocycles. The Kier molecular flexibility index (Phi) is 6.57. The van der Waals surface area contributed by atoms with Crippen LogP contribution in [0.4, 0.5) is 0 Å². The smallest absolute Gasteiger partial charge is 0.271 e. The molecule has 3 N–H and O–H groups in total. The van der Waals surface area contributed by atoms with Crippen molar-refractivity contribution in [2.75, 3.05) is 0 Å². The summed E-state index contributed by atoms with van der Waals surface area (Å²) in [5.74, 6) is -0.609. The van der Waals surface area contributed by atoms with E-state index < -0.39 is 0 Å². The second-order valence-electron chi connectivity index (χ2n) is 6.58. The van der Waals surface area contributed by atoms with Crippen LogP contribution in [0.15, 0.2) is 76.8 Å². The third kappa shape index (κ3) is 5.30. The lowest BCUT2D eigenvalue weighted by Crippen LogP contribution is -2.25. The van der Waals surface area contributed by atoms with Crippen LogP contribution in [0.25, 0.3) is 0 Å². The molecule has 3 rings (SSSR count). The number of nitrogens with zero attached hydrogens (tertiary/aromatic N) is 1. The van der Waals surface area contributed by atoms with Crippen molar-refractivity contribution in [3.63, 3.8) is 0 Å². The van der Waals surface area contributed by atoms with Crippen molar-refractivity contribution in [1.29, 1.82) is 0 Å². The Labute approximate surface area is 164 Å². The summed E-state index contributed by atoms with van der Waals surface area (Å²) in [5, 5.41) is 16.5. The normalized spacial score (nSPS) is 16.6. The van der Waals surface area contributed by atoms with Gasteiger partial charge < -0.3 is 10.4 Å². The number of carbonyl (C=O) groups excluding carboxylic acids is 2. The Morgan fingerprint density at radius 3 is 2.46 bits per heavy atom. The van der Waals surface area contributed by atoms with Gasteiger partial charge in [0.25, 0.3) is 11.8 Å². The molecule has 0 fully saturated rings. The van der Waals surface area contributed by atoms with Crippen LogP contribution in [0, 0.1) is 0 Å². The van der Waals surface area contributed by atoms with Crippen LogP contribution in [-0.2, 0) is 0 Å². The molecule has 1 aromatic rings. The highest BCUT2D eigenvalue weighted by Gasteiger charge is 2.13. The van der Waals surface area contributed by atoms with Crippen LogP contribution in [0.2, 0.25) is 0 Å². The fourth-order valence-corrected chi connectivity index (χ4v) is 2.89. The fourth-order valence-electron chi connectivity index (χ4n) is 2.89. The Bertz CT molecular complexity index is 890. The monoisotopic (exact) mass is 377 g/mol. The minimum absolute atomic E-state index is 0.0766. The first-order valence-electron chi connectivity index (χ1n) is 9.33. The average molecular weight is 377 g/mol. The quantitative estimate of drug-likeness (QED) is 0.536. The van der Waals surface area contributed by atoms with Gasteiger partial charge in [-0.15, -0.1) is 0 Å². The third-order valence-corrected chi connectivity index (χ3v) is 4.47. The molecular weight excluding hydrogens is 354 g/mol. The van der Waals surface area contributed by atoms with Crippen molar-refractivity contribution in [3.8, 4) is 0 Å². The van der Waals surface area contributed by atoms with E-state index in [4.69, 9.17) is 0 Å². The van der Waals surface area contributed by atoms with Crippen LogP contribution in [-0.4, -0.2) is 23.1 Å². The highest BCUT2D eigenvalue weighted by molar-refractivity contribution is 5.98. The molecule has 2 aliphatic carbocycles. The van der Waals surface area contributed by atoms with Crippen LogP contribution >= 0.6 is 0 Å². The minimum Gasteiger partial charge on any atom is -0.506 e. The van der Waals surface area contributed by atoms with Gasteiger partial charge in [0.2, 0.25) is 0 Å². The van der Waals surface area contributed by atoms with Gasteiger partial charge in [-0.05, 0) is 68.0 Å². The van der Waals surface area contributed by atoms with E-state index in [9.17, 15) is 14.7 Å². The van der Waals surface area contributed by atoms with Gasteiger partial charge in [0.05, 0.1) is 11.9 Å². The van der Waals surface area contributed by atoms with Gasteiger partial charge in [0.15, 0.2) is 0 Å². The number of aliphatic hydroxyl groups excluding tert-OH is 1. The average Bonchev–Trinajstić information content (AvgIpc) is 2.98. The summed E-state index contributed by atoms with van der Waals surface area (Å²) in [6, 6.07) is 6.27. The van der Waals surface area contributed by atoms with Crippen molar-refractivity contribution in [2.45, 2.75) is 32.1 Å². The molecule has 0 spiro atoms. The summed E-state index contributed by atoms with van der Waals surface area (Å²) in [5.41, 5.74) is 4.78. The van der Waals surface area contributed by atoms with E-state index >= 15 is 0 Å². The summed E-state index contributed by atoms with van der Waals surface area (Å²) in [6.45, 7) is 0. The molecule has 28 heavy (non-hydrogen) atoms. The van der Waals surface area contributed by atoms with E-state index in [2.05, 4.69) is 21.9 Å². The molecule has 2 aliphatic rings. The molecule has 144 valence electrons. The molecule has 0 saturated carbocycles. The van der Waals surface area contributed by atoms with Crippen molar-refractivity contribution in [1.82, 2.24) is 10.7 Å². The maximum absolute atomic E-state index is 12.3. The molecule has 0 aliphatic heterocycles. The van der Waals surface area contributed by atoms with Gasteiger partial charge >= 0.3 is 0 Å². The summed E-state index contributed by atoms with van der Waals surface area (Å²) in [4.78, 5) is 24.5. The van der Waals surface area contributed by atoms with E-state index in [-0.39, 0.29) is 17.6 Å². The van der Waals surface area contributed by atoms with Gasteiger partial charge in [0.1, 0.15) is 5.76 Å². The van der Waals surface area contributed by atoms with Gasteiger partial charge in [-0.2, -0.15) is 5.10 Å². The molecule has 0 aromatic heterocycles. The minimum atomic E-state index is -0.344. The lowest BCUT2D eigenvalue weighted by atomic mass is 10.1. The Morgan fingerprint density at radius 2 is 1.71 bits per heavy atom. The van der Waals surface area contributed by atoms with E-state index in [1.165, 1.54) is 0 Å². The second kappa shape index (κ2) is 9.50. The first-order chi connectivity index (χ1) is 13.6. The van der Waals surface area contributed by atoms with Crippen LogP contribution in [0.3, 0.4) is 0 Å². The maximum atomic E-state index is 12.3. The molecule has 0 saturated heterocycles. The van der Waals surface area contributed by atoms with Gasteiger partial charge in [0, 0.05) is 11.1 Å². The van der Waals surface area contributed by atoms with E-state index in [1.54, 1.807) is 42.6 Å². The number of hydrogen-bond acceptors (Lipinski definition) is 4. The lowest BCUT2D eigenvalue weighted by Gasteiger charge is -2.12. The molecule has 0 radical (unpaired) electrons. The highest BCUT2D eigenvalue weighted by Crippen LogP contribution is 2.15. The molecule has 0 bridgehead atoms. The largest absolute Gasteiger partial charge is 0.506 e. The maximum Gasteiger partial charge on any atom is 0.271 e. The number of rotatable bonds is 5. The lowest BCUT2D eigenvalue weighted by molar-refractivity contribution is 0.0947. The van der Waals surface area contributed by atoms with Crippen molar-refractivity contribution in [2.24, 2.45) is 5.10 Å². The third-order valence-electron chi connectivity index (χ3n) is 4.47. The van der Waals surface area contributed by atoms with Crippen LogP contribution in [0.1, 0.15) is 52.8 Å². The Balaban J connectivity index is 1.56. The van der Waals surface area contributed by atoms with Crippen molar-refractivity contribution in [3.05, 3.63) is 82.8 Å². The Morgan fingerprint density at radius 1 is 1.00 bits per heavy atom. The van der Waals surface area contributed by atoms with Crippen LogP contribution < -0.4 is 10.7 Å². The predicted octanol–water partition coefficient (Wildman–Crippen LogP) is 3.92. The number of benzene rings is 1. The number of aliphatic hydroxyl groups is 1. The number of carbonyl (C=O) groups is 2. The zero-order chi connectivity index (χ0) is 19.8. The first-order valence-corrected chi connectivity index (χ1v) is 9.33. The first kappa shape index (κ1) is 19.4. The van der Waals surface area contributed by atoms with Gasteiger partial charge in [-0.25, -0.2) is 5.43 Å². The molecular formula is C22H23N3O3. The fraction of sp³-hybridized carbons (Fsp3) is 0.227. The van der Waals surface area contributed by atoms with Crippen molar-refractivity contribution < 1.29 is 14.7 Å². The number of nitrogens with one attached hydrogen (secondary N) is 2. The second-order valence-corrected chi connectivity index (χ2v) is 6.58. The number of hydrogen-bond donors (Lipinski definition) is 3. The highest BCUT2D eigenvalue weighted by atomic mass is 16.3. The van der Waals surface area contributed by atoms with Gasteiger partial charge in [-0.1, -0.05) is 24.3 Å². The molecule has 6 heteroatoms. The summed E-state index contributed by atoms with van der Waals surface area (Å²) in [7, 11) is 0. The molecule has 1 aromatic carbocycles. The van der Waals surface area contributed by atoms with E-state index in [0.717, 1.165) is 37.7 Å². The molecule has 0 unspecified atom stereocenters. The zero-order valence-corrected chi connectivity index (χ0v) is 15.5. The molecule has 6 nitrogen and oxygen atoms in total. The molecule has 2 amide bonds. The summed E-state index contributed by atoms with van der Waals surface area (Å²) < 4.78 is 0. The molecule has 0 atom stereocenters. The topological polar surface area (TPSA) is 90.8 Å². The predicted molar refractivity (Wildman–Crippen MR) is 109 cm³/mol. The SMILES string of the molecule is O=C(N/N=C/C1=CC=CCCC1)c1ccc(C(=O)NC2=CCCC=C2O)cc1. The van der Waals surface area contributed by atoms with Gasteiger partial charge in [-0.3, -0.25) is 9.59 Å².